The van der Waals surface area contributed by atoms with Crippen LogP contribution in [0.25, 0.3) is 0 Å². The quantitative estimate of drug-likeness (QED) is 0.810. The highest BCUT2D eigenvalue weighted by Crippen LogP contribution is 2.23. The van der Waals surface area contributed by atoms with Gasteiger partial charge in [0.1, 0.15) is 0 Å². The Morgan fingerprint density at radius 1 is 1.33 bits per heavy atom. The van der Waals surface area contributed by atoms with Crippen LogP contribution >= 0.6 is 11.3 Å². The topological polar surface area (TPSA) is 58.2 Å². The Morgan fingerprint density at radius 2 is 2.00 bits per heavy atom. The van der Waals surface area contributed by atoms with Gasteiger partial charge in [0.25, 0.3) is 0 Å². The van der Waals surface area contributed by atoms with Crippen molar-refractivity contribution in [2.24, 2.45) is 0 Å². The number of hydrogen-bond acceptors (Lipinski definition) is 4. The van der Waals surface area contributed by atoms with Crippen LogP contribution in [0.2, 0.25) is 0 Å². The minimum Gasteiger partial charge on any atom is -0.312 e. The zero-order valence-electron chi connectivity index (χ0n) is 11.4. The fourth-order valence-electron chi connectivity index (χ4n) is 1.43. The summed E-state index contributed by atoms with van der Waals surface area (Å²) in [5.74, 6) is 0. The molecule has 0 aliphatic rings. The summed E-state index contributed by atoms with van der Waals surface area (Å²) in [7, 11) is -3.43. The Bertz CT molecular complexity index is 478. The molecule has 0 bridgehead atoms. The lowest BCUT2D eigenvalue weighted by Crippen LogP contribution is -2.42. The molecule has 0 atom stereocenters. The minimum atomic E-state index is -3.43. The maximum absolute atomic E-state index is 12.3. The normalized spacial score (nSPS) is 12.9. The van der Waals surface area contributed by atoms with Crippen molar-refractivity contribution in [3.8, 4) is 0 Å². The van der Waals surface area contributed by atoms with E-state index in [4.69, 9.17) is 0 Å². The molecule has 0 saturated carbocycles. The molecule has 2 N–H and O–H groups in total. The van der Waals surface area contributed by atoms with E-state index in [9.17, 15) is 8.42 Å². The van der Waals surface area contributed by atoms with Crippen LogP contribution in [0.15, 0.2) is 16.3 Å². The third-order valence-electron chi connectivity index (χ3n) is 2.82. The van der Waals surface area contributed by atoms with Gasteiger partial charge in [0.05, 0.1) is 4.90 Å². The van der Waals surface area contributed by atoms with E-state index in [1.54, 1.807) is 6.07 Å². The first-order valence-corrected chi connectivity index (χ1v) is 8.49. The number of rotatable bonds is 7. The van der Waals surface area contributed by atoms with Crippen molar-refractivity contribution in [1.29, 1.82) is 0 Å². The Labute approximate surface area is 114 Å². The third-order valence-corrected chi connectivity index (χ3v) is 5.66. The maximum atomic E-state index is 12.3. The summed E-state index contributed by atoms with van der Waals surface area (Å²) in [6, 6.07) is 1.67. The number of hydrogen-bond donors (Lipinski definition) is 2. The molecular formula is C12H22N2O2S2. The molecule has 1 aromatic heterocycles. The molecule has 6 heteroatoms. The molecule has 0 fully saturated rings. The van der Waals surface area contributed by atoms with Gasteiger partial charge in [0, 0.05) is 17.0 Å². The first-order chi connectivity index (χ1) is 8.32. The molecule has 0 aliphatic heterocycles. The van der Waals surface area contributed by atoms with Crippen LogP contribution < -0.4 is 10.0 Å². The van der Waals surface area contributed by atoms with Crippen molar-refractivity contribution in [2.75, 3.05) is 6.54 Å². The predicted molar refractivity (Wildman–Crippen MR) is 76.4 cm³/mol. The first kappa shape index (κ1) is 15.6. The van der Waals surface area contributed by atoms with Gasteiger partial charge in [-0.15, -0.1) is 11.3 Å². The Balaban J connectivity index is 2.95. The fraction of sp³-hybridized carbons (Fsp3) is 0.667. The summed E-state index contributed by atoms with van der Waals surface area (Å²) in [5.41, 5.74) is -0.420. The van der Waals surface area contributed by atoms with E-state index in [2.05, 4.69) is 10.0 Å². The number of nitrogens with one attached hydrogen (secondary N) is 2. The largest absolute Gasteiger partial charge is 0.312 e. The molecule has 18 heavy (non-hydrogen) atoms. The van der Waals surface area contributed by atoms with E-state index in [1.165, 1.54) is 11.3 Å². The van der Waals surface area contributed by atoms with Crippen molar-refractivity contribution in [1.82, 2.24) is 10.0 Å². The third kappa shape index (κ3) is 4.05. The van der Waals surface area contributed by atoms with Crippen LogP contribution in [0.3, 0.4) is 0 Å². The summed E-state index contributed by atoms with van der Waals surface area (Å²) in [4.78, 5) is 1.26. The van der Waals surface area contributed by atoms with Crippen LogP contribution in [0.5, 0.6) is 0 Å². The van der Waals surface area contributed by atoms with Crippen LogP contribution in [-0.4, -0.2) is 20.5 Å². The van der Waals surface area contributed by atoms with E-state index in [1.807, 2.05) is 33.1 Å². The summed E-state index contributed by atoms with van der Waals surface area (Å²) in [6.07, 6.45) is 0.749. The van der Waals surface area contributed by atoms with Gasteiger partial charge >= 0.3 is 0 Å². The van der Waals surface area contributed by atoms with Gasteiger partial charge in [0.2, 0.25) is 10.0 Å². The smallest absolute Gasteiger partial charge is 0.242 e. The standard InChI is InChI=1S/C12H22N2O2S2/c1-5-12(3,4)14-18(15,16)11-7-8-17-10(11)9-13-6-2/h7-8,13-14H,5-6,9H2,1-4H3. The molecule has 104 valence electrons. The average Bonchev–Trinajstić information content (AvgIpc) is 2.74. The van der Waals surface area contributed by atoms with Gasteiger partial charge in [-0.2, -0.15) is 0 Å². The Kier molecular flexibility index (Phi) is 5.33. The minimum absolute atomic E-state index is 0.398. The second-order valence-electron chi connectivity index (χ2n) is 4.83. The average molecular weight is 290 g/mol. The van der Waals surface area contributed by atoms with Crippen LogP contribution in [0.4, 0.5) is 0 Å². The monoisotopic (exact) mass is 290 g/mol. The molecule has 1 aromatic rings. The molecule has 4 nitrogen and oxygen atoms in total. The highest BCUT2D eigenvalue weighted by molar-refractivity contribution is 7.89. The second-order valence-corrected chi connectivity index (χ2v) is 7.48. The molecule has 0 saturated heterocycles. The van der Waals surface area contributed by atoms with Gasteiger partial charge in [-0.1, -0.05) is 13.8 Å². The summed E-state index contributed by atoms with van der Waals surface area (Å²) >= 11 is 1.47. The van der Waals surface area contributed by atoms with Crippen molar-refractivity contribution in [2.45, 2.75) is 51.1 Å². The Hall–Kier alpha value is -0.430. The highest BCUT2D eigenvalue weighted by atomic mass is 32.2. The highest BCUT2D eigenvalue weighted by Gasteiger charge is 2.26. The van der Waals surface area contributed by atoms with E-state index < -0.39 is 15.6 Å². The number of thiophene rings is 1. The van der Waals surface area contributed by atoms with E-state index >= 15 is 0 Å². The SMILES string of the molecule is CCNCc1sccc1S(=O)(=O)NC(C)(C)CC. The van der Waals surface area contributed by atoms with E-state index in [0.717, 1.165) is 17.8 Å². The molecule has 1 heterocycles. The summed E-state index contributed by atoms with van der Waals surface area (Å²) in [5, 5.41) is 4.98. The van der Waals surface area contributed by atoms with Crippen LogP contribution in [0.1, 0.15) is 39.0 Å². The Morgan fingerprint density at radius 3 is 2.56 bits per heavy atom. The number of sulfonamides is 1. The molecular weight excluding hydrogens is 268 g/mol. The lowest BCUT2D eigenvalue weighted by Gasteiger charge is -2.24. The van der Waals surface area contributed by atoms with Gasteiger partial charge in [-0.3, -0.25) is 0 Å². The molecule has 0 amide bonds. The van der Waals surface area contributed by atoms with Crippen LogP contribution in [-0.2, 0) is 16.6 Å². The molecule has 0 aliphatic carbocycles. The fourth-order valence-corrected chi connectivity index (χ4v) is 4.33. The molecule has 0 unspecified atom stereocenters. The maximum Gasteiger partial charge on any atom is 0.242 e. The van der Waals surface area contributed by atoms with E-state index in [0.29, 0.717) is 11.4 Å². The second kappa shape index (κ2) is 6.14. The summed E-state index contributed by atoms with van der Waals surface area (Å²) < 4.78 is 27.4. The predicted octanol–water partition coefficient (Wildman–Crippen LogP) is 2.32. The van der Waals surface area contributed by atoms with Gasteiger partial charge in [-0.25, -0.2) is 13.1 Å². The molecule has 0 aromatic carbocycles. The van der Waals surface area contributed by atoms with Gasteiger partial charge in [-0.05, 0) is 38.3 Å². The summed E-state index contributed by atoms with van der Waals surface area (Å²) in [6.45, 7) is 9.17. The van der Waals surface area contributed by atoms with Crippen molar-refractivity contribution in [3.63, 3.8) is 0 Å². The van der Waals surface area contributed by atoms with E-state index in [-0.39, 0.29) is 0 Å². The van der Waals surface area contributed by atoms with Crippen molar-refractivity contribution >= 4 is 21.4 Å². The lowest BCUT2D eigenvalue weighted by molar-refractivity contribution is 0.439. The zero-order chi connectivity index (χ0) is 13.8. The lowest BCUT2D eigenvalue weighted by atomic mass is 10.0. The molecule has 0 radical (unpaired) electrons. The van der Waals surface area contributed by atoms with Crippen molar-refractivity contribution in [3.05, 3.63) is 16.3 Å². The molecule has 0 spiro atoms. The van der Waals surface area contributed by atoms with Crippen molar-refractivity contribution < 1.29 is 8.42 Å². The van der Waals surface area contributed by atoms with Gasteiger partial charge in [0.15, 0.2) is 0 Å². The zero-order valence-corrected chi connectivity index (χ0v) is 13.0. The first-order valence-electron chi connectivity index (χ1n) is 6.13. The van der Waals surface area contributed by atoms with Crippen LogP contribution in [0, 0.1) is 0 Å². The van der Waals surface area contributed by atoms with Gasteiger partial charge < -0.3 is 5.32 Å². The molecule has 1 rings (SSSR count).